The lowest BCUT2D eigenvalue weighted by Gasteiger charge is -2.17. The Balaban J connectivity index is 2.71. The van der Waals surface area contributed by atoms with Gasteiger partial charge in [-0.15, -0.1) is 0 Å². The first kappa shape index (κ1) is 11.8. The third kappa shape index (κ3) is 3.43. The first-order valence-electron chi connectivity index (χ1n) is 4.71. The van der Waals surface area contributed by atoms with Crippen molar-refractivity contribution in [2.45, 2.75) is 19.4 Å². The Labute approximate surface area is 87.9 Å². The molecule has 0 aromatic carbocycles. The van der Waals surface area contributed by atoms with Crippen LogP contribution >= 0.6 is 0 Å². The van der Waals surface area contributed by atoms with Crippen molar-refractivity contribution >= 4 is 5.82 Å². The van der Waals surface area contributed by atoms with Gasteiger partial charge in [-0.1, -0.05) is 6.07 Å². The van der Waals surface area contributed by atoms with Crippen molar-refractivity contribution in [3.63, 3.8) is 0 Å². The maximum atomic E-state index is 12.1. The molecule has 0 fully saturated rings. The highest BCUT2D eigenvalue weighted by molar-refractivity contribution is 5.38. The number of rotatable bonds is 4. The number of nitrogens with zero attached hydrogens (tertiary/aromatic N) is 2. The van der Waals surface area contributed by atoms with Gasteiger partial charge in [0.05, 0.1) is 6.54 Å². The standard InChI is InChI=1S/C10H15F2N3/c1-7(13)8-3-4-10(14-5-8)15(2)6-9(11)12/h3-5,7,9H,6,13H2,1-2H3/t7-/m1/s1. The molecule has 0 saturated heterocycles. The lowest BCUT2D eigenvalue weighted by molar-refractivity contribution is 0.156. The topological polar surface area (TPSA) is 42.1 Å². The van der Waals surface area contributed by atoms with Crippen molar-refractivity contribution in [2.24, 2.45) is 5.73 Å². The largest absolute Gasteiger partial charge is 0.354 e. The van der Waals surface area contributed by atoms with Gasteiger partial charge in [-0.05, 0) is 18.6 Å². The summed E-state index contributed by atoms with van der Waals surface area (Å²) in [5.41, 5.74) is 6.54. The van der Waals surface area contributed by atoms with Crippen molar-refractivity contribution in [2.75, 3.05) is 18.5 Å². The molecule has 0 aliphatic carbocycles. The molecule has 0 unspecified atom stereocenters. The first-order chi connectivity index (χ1) is 7.00. The van der Waals surface area contributed by atoms with Crippen LogP contribution in [0.15, 0.2) is 18.3 Å². The molecular formula is C10H15F2N3. The van der Waals surface area contributed by atoms with E-state index in [2.05, 4.69) is 4.98 Å². The highest BCUT2D eigenvalue weighted by Gasteiger charge is 2.09. The average molecular weight is 215 g/mol. The molecule has 15 heavy (non-hydrogen) atoms. The molecule has 84 valence electrons. The quantitative estimate of drug-likeness (QED) is 0.832. The van der Waals surface area contributed by atoms with Crippen molar-refractivity contribution < 1.29 is 8.78 Å². The number of hydrogen-bond acceptors (Lipinski definition) is 3. The van der Waals surface area contributed by atoms with Crippen LogP contribution in [0.5, 0.6) is 0 Å². The Hall–Kier alpha value is -1.23. The van der Waals surface area contributed by atoms with E-state index in [1.54, 1.807) is 25.4 Å². The van der Waals surface area contributed by atoms with E-state index >= 15 is 0 Å². The summed E-state index contributed by atoms with van der Waals surface area (Å²) in [6.07, 6.45) is -0.744. The summed E-state index contributed by atoms with van der Waals surface area (Å²) >= 11 is 0. The van der Waals surface area contributed by atoms with Crippen molar-refractivity contribution in [1.82, 2.24) is 4.98 Å². The van der Waals surface area contributed by atoms with Crippen molar-refractivity contribution in [3.05, 3.63) is 23.9 Å². The molecule has 1 aromatic rings. The number of alkyl halides is 2. The Kier molecular flexibility index (Phi) is 3.96. The molecule has 0 aliphatic heterocycles. The van der Waals surface area contributed by atoms with Crippen LogP contribution in [0, 0.1) is 0 Å². The van der Waals surface area contributed by atoms with Gasteiger partial charge in [0.25, 0.3) is 6.43 Å². The van der Waals surface area contributed by atoms with Gasteiger partial charge in [-0.3, -0.25) is 0 Å². The number of aromatic nitrogens is 1. The summed E-state index contributed by atoms with van der Waals surface area (Å²) in [6, 6.07) is 3.41. The smallest absolute Gasteiger partial charge is 0.255 e. The zero-order valence-electron chi connectivity index (χ0n) is 8.82. The fraction of sp³-hybridized carbons (Fsp3) is 0.500. The van der Waals surface area contributed by atoms with E-state index in [4.69, 9.17) is 5.73 Å². The molecule has 0 radical (unpaired) electrons. The minimum Gasteiger partial charge on any atom is -0.354 e. The Morgan fingerprint density at radius 3 is 2.53 bits per heavy atom. The fourth-order valence-electron chi connectivity index (χ4n) is 1.19. The molecule has 3 nitrogen and oxygen atoms in total. The molecule has 0 aliphatic rings. The van der Waals surface area contributed by atoms with Gasteiger partial charge in [0.1, 0.15) is 5.82 Å². The molecule has 0 spiro atoms. The number of halogens is 2. The first-order valence-corrected chi connectivity index (χ1v) is 4.71. The monoisotopic (exact) mass is 215 g/mol. The van der Waals surface area contributed by atoms with Crippen LogP contribution in [-0.4, -0.2) is 25.0 Å². The summed E-state index contributed by atoms with van der Waals surface area (Å²) in [4.78, 5) is 5.48. The maximum Gasteiger partial charge on any atom is 0.255 e. The van der Waals surface area contributed by atoms with Crippen molar-refractivity contribution in [3.8, 4) is 0 Å². The van der Waals surface area contributed by atoms with Crippen molar-refractivity contribution in [1.29, 1.82) is 0 Å². The van der Waals surface area contributed by atoms with Crippen LogP contribution in [0.3, 0.4) is 0 Å². The summed E-state index contributed by atoms with van der Waals surface area (Å²) < 4.78 is 24.2. The summed E-state index contributed by atoms with van der Waals surface area (Å²) in [5.74, 6) is 0.528. The molecule has 1 heterocycles. The highest BCUT2D eigenvalue weighted by Crippen LogP contribution is 2.14. The second-order valence-corrected chi connectivity index (χ2v) is 3.51. The van der Waals surface area contributed by atoms with Crippen LogP contribution in [0.2, 0.25) is 0 Å². The minimum absolute atomic E-state index is 0.0908. The third-order valence-corrected chi connectivity index (χ3v) is 2.10. The SMILES string of the molecule is C[C@@H](N)c1ccc(N(C)CC(F)F)nc1. The van der Waals surface area contributed by atoms with E-state index in [1.807, 2.05) is 6.92 Å². The fourth-order valence-corrected chi connectivity index (χ4v) is 1.19. The van der Waals surface area contributed by atoms with Gasteiger partial charge in [0.15, 0.2) is 0 Å². The molecule has 5 heteroatoms. The van der Waals surface area contributed by atoms with Gasteiger partial charge >= 0.3 is 0 Å². The van der Waals surface area contributed by atoms with E-state index in [9.17, 15) is 8.78 Å². The van der Waals surface area contributed by atoms with E-state index in [-0.39, 0.29) is 12.6 Å². The highest BCUT2D eigenvalue weighted by atomic mass is 19.3. The zero-order chi connectivity index (χ0) is 11.4. The predicted octanol–water partition coefficient (Wildman–Crippen LogP) is 1.80. The van der Waals surface area contributed by atoms with Crippen LogP contribution in [-0.2, 0) is 0 Å². The lowest BCUT2D eigenvalue weighted by atomic mass is 10.1. The normalized spacial score (nSPS) is 12.9. The molecule has 2 N–H and O–H groups in total. The average Bonchev–Trinajstić information content (AvgIpc) is 2.17. The van der Waals surface area contributed by atoms with Gasteiger partial charge in [-0.2, -0.15) is 0 Å². The van der Waals surface area contributed by atoms with Gasteiger partial charge in [0.2, 0.25) is 0 Å². The minimum atomic E-state index is -2.36. The number of nitrogens with two attached hydrogens (primary N) is 1. The van der Waals surface area contributed by atoms with Gasteiger partial charge < -0.3 is 10.6 Å². The molecule has 1 rings (SSSR count). The number of pyridine rings is 1. The van der Waals surface area contributed by atoms with E-state index in [0.717, 1.165) is 5.56 Å². The molecule has 0 bridgehead atoms. The molecule has 0 saturated carbocycles. The zero-order valence-corrected chi connectivity index (χ0v) is 8.82. The summed E-state index contributed by atoms with van der Waals surface area (Å²) in [6.45, 7) is 1.53. The van der Waals surface area contributed by atoms with E-state index in [0.29, 0.717) is 5.82 Å². The molecular weight excluding hydrogens is 200 g/mol. The Bertz CT molecular complexity index is 298. The van der Waals surface area contributed by atoms with Gasteiger partial charge in [-0.25, -0.2) is 13.8 Å². The maximum absolute atomic E-state index is 12.1. The van der Waals surface area contributed by atoms with E-state index < -0.39 is 6.43 Å². The van der Waals surface area contributed by atoms with Gasteiger partial charge in [0, 0.05) is 19.3 Å². The number of anilines is 1. The predicted molar refractivity (Wildman–Crippen MR) is 56.1 cm³/mol. The second kappa shape index (κ2) is 5.02. The number of hydrogen-bond donors (Lipinski definition) is 1. The van der Waals surface area contributed by atoms with Crippen LogP contribution in [0.4, 0.5) is 14.6 Å². The summed E-state index contributed by atoms with van der Waals surface area (Å²) in [5, 5.41) is 0. The molecule has 0 amide bonds. The molecule has 1 atom stereocenters. The Morgan fingerprint density at radius 2 is 2.13 bits per heavy atom. The third-order valence-electron chi connectivity index (χ3n) is 2.10. The summed E-state index contributed by atoms with van der Waals surface area (Å²) in [7, 11) is 1.58. The molecule has 1 aromatic heterocycles. The van der Waals surface area contributed by atoms with Crippen LogP contribution in [0.25, 0.3) is 0 Å². The van der Waals surface area contributed by atoms with Crippen LogP contribution < -0.4 is 10.6 Å². The van der Waals surface area contributed by atoms with Crippen LogP contribution in [0.1, 0.15) is 18.5 Å². The lowest BCUT2D eigenvalue weighted by Crippen LogP contribution is -2.24. The van der Waals surface area contributed by atoms with E-state index in [1.165, 1.54) is 4.90 Å². The Morgan fingerprint density at radius 1 is 1.47 bits per heavy atom. The second-order valence-electron chi connectivity index (χ2n) is 3.51.